The van der Waals surface area contributed by atoms with E-state index < -0.39 is 0 Å². The Kier molecular flexibility index (Phi) is 5.18. The van der Waals surface area contributed by atoms with Gasteiger partial charge in [0.1, 0.15) is 10.8 Å². The van der Waals surface area contributed by atoms with Crippen LogP contribution < -0.4 is 5.32 Å². The summed E-state index contributed by atoms with van der Waals surface area (Å²) in [4.78, 5) is 12.3. The van der Waals surface area contributed by atoms with E-state index in [9.17, 15) is 9.18 Å². The molecule has 0 aliphatic carbocycles. The second-order valence-corrected chi connectivity index (χ2v) is 6.54. The summed E-state index contributed by atoms with van der Waals surface area (Å²) < 4.78 is 14.5. The first kappa shape index (κ1) is 17.2. The zero-order valence-corrected chi connectivity index (χ0v) is 14.8. The number of aromatic nitrogens is 4. The summed E-state index contributed by atoms with van der Waals surface area (Å²) in [7, 11) is 0. The van der Waals surface area contributed by atoms with Gasteiger partial charge in [-0.3, -0.25) is 10.1 Å². The molecule has 2 aromatic heterocycles. The van der Waals surface area contributed by atoms with Crippen LogP contribution in [0.25, 0.3) is 5.69 Å². The van der Waals surface area contributed by atoms with Gasteiger partial charge in [-0.15, -0.1) is 10.2 Å². The summed E-state index contributed by atoms with van der Waals surface area (Å²) in [5.41, 5.74) is 0.927. The number of anilines is 1. The Labute approximate surface area is 148 Å². The first-order valence-corrected chi connectivity index (χ1v) is 8.88. The fourth-order valence-corrected chi connectivity index (χ4v) is 3.44. The molecule has 0 spiro atoms. The smallest absolute Gasteiger partial charge is 0.277 e. The van der Waals surface area contributed by atoms with Crippen molar-refractivity contribution in [3.05, 3.63) is 53.0 Å². The Bertz CT molecular complexity index is 854. The van der Waals surface area contributed by atoms with Gasteiger partial charge < -0.3 is 0 Å². The zero-order chi connectivity index (χ0) is 17.8. The number of halogens is 1. The van der Waals surface area contributed by atoms with E-state index in [4.69, 9.17) is 0 Å². The Morgan fingerprint density at radius 2 is 1.92 bits per heavy atom. The molecule has 0 saturated carbocycles. The third-order valence-corrected chi connectivity index (χ3v) is 4.91. The van der Waals surface area contributed by atoms with Crippen molar-refractivity contribution >= 4 is 22.4 Å². The highest BCUT2D eigenvalue weighted by Gasteiger charge is 2.16. The van der Waals surface area contributed by atoms with Gasteiger partial charge in [-0.2, -0.15) is 5.10 Å². The van der Waals surface area contributed by atoms with Crippen LogP contribution in [0.5, 0.6) is 0 Å². The Balaban J connectivity index is 1.71. The fourth-order valence-electron chi connectivity index (χ4n) is 2.43. The molecule has 130 valence electrons. The molecule has 0 atom stereocenters. The van der Waals surface area contributed by atoms with E-state index in [0.29, 0.717) is 16.7 Å². The number of hydrogen-bond acceptors (Lipinski definition) is 5. The molecule has 0 unspecified atom stereocenters. The van der Waals surface area contributed by atoms with Crippen LogP contribution in [0.1, 0.15) is 48.1 Å². The maximum absolute atomic E-state index is 13.0. The quantitative estimate of drug-likeness (QED) is 0.721. The van der Waals surface area contributed by atoms with Crippen LogP contribution >= 0.6 is 11.3 Å². The Morgan fingerprint density at radius 3 is 2.60 bits per heavy atom. The lowest BCUT2D eigenvalue weighted by Gasteiger charge is -2.05. The van der Waals surface area contributed by atoms with Crippen LogP contribution in [0, 0.1) is 5.82 Å². The van der Waals surface area contributed by atoms with Crippen LogP contribution in [0.2, 0.25) is 0 Å². The van der Waals surface area contributed by atoms with E-state index >= 15 is 0 Å². The monoisotopic (exact) mass is 359 g/mol. The molecule has 1 amide bonds. The van der Waals surface area contributed by atoms with Crippen LogP contribution in [-0.2, 0) is 0 Å². The van der Waals surface area contributed by atoms with Crippen molar-refractivity contribution in [3.63, 3.8) is 0 Å². The Morgan fingerprint density at radius 1 is 1.20 bits per heavy atom. The average molecular weight is 359 g/mol. The summed E-state index contributed by atoms with van der Waals surface area (Å²) in [6, 6.07) is 7.48. The fraction of sp³-hybridized carbons (Fsp3) is 0.294. The van der Waals surface area contributed by atoms with Crippen LogP contribution in [-0.4, -0.2) is 25.9 Å². The zero-order valence-electron chi connectivity index (χ0n) is 13.9. The minimum Gasteiger partial charge on any atom is -0.295 e. The predicted octanol–water partition coefficient (Wildman–Crippen LogP) is 4.02. The van der Waals surface area contributed by atoms with Crippen molar-refractivity contribution in [2.45, 2.75) is 32.6 Å². The topological polar surface area (TPSA) is 72.7 Å². The molecule has 6 nitrogen and oxygen atoms in total. The minimum atomic E-state index is -0.354. The van der Waals surface area contributed by atoms with Gasteiger partial charge in [0.15, 0.2) is 5.69 Å². The van der Waals surface area contributed by atoms with E-state index in [0.717, 1.165) is 17.8 Å². The second kappa shape index (κ2) is 7.52. The van der Waals surface area contributed by atoms with Crippen LogP contribution in [0.4, 0.5) is 9.52 Å². The first-order chi connectivity index (χ1) is 12.1. The maximum Gasteiger partial charge on any atom is 0.277 e. The molecular formula is C17H18FN5OS. The van der Waals surface area contributed by atoms with Crippen LogP contribution in [0.3, 0.4) is 0 Å². The minimum absolute atomic E-state index is 0.253. The van der Waals surface area contributed by atoms with E-state index in [1.54, 1.807) is 24.4 Å². The van der Waals surface area contributed by atoms with Gasteiger partial charge in [-0.25, -0.2) is 9.07 Å². The number of nitrogens with one attached hydrogen (secondary N) is 1. The molecule has 1 aromatic carbocycles. The third-order valence-electron chi connectivity index (χ3n) is 3.91. The van der Waals surface area contributed by atoms with Gasteiger partial charge >= 0.3 is 0 Å². The van der Waals surface area contributed by atoms with Gasteiger partial charge in [0, 0.05) is 12.1 Å². The van der Waals surface area contributed by atoms with Crippen molar-refractivity contribution in [3.8, 4) is 5.69 Å². The number of amides is 1. The lowest BCUT2D eigenvalue weighted by molar-refractivity contribution is 0.102. The van der Waals surface area contributed by atoms with Crippen LogP contribution in [0.15, 0.2) is 36.5 Å². The lowest BCUT2D eigenvalue weighted by Crippen LogP contribution is -2.13. The number of hydrogen-bond donors (Lipinski definition) is 1. The molecular weight excluding hydrogens is 341 g/mol. The molecule has 3 aromatic rings. The summed E-state index contributed by atoms with van der Waals surface area (Å²) in [5, 5.41) is 16.5. The summed E-state index contributed by atoms with van der Waals surface area (Å²) in [5.74, 6) is -0.313. The van der Waals surface area contributed by atoms with Gasteiger partial charge in [0.25, 0.3) is 5.91 Å². The predicted molar refractivity (Wildman–Crippen MR) is 94.7 cm³/mol. The molecule has 0 radical (unpaired) electrons. The standard InChI is InChI=1S/C17H18FN5OS/c1-3-11(4-2)16-20-21-17(25-16)19-15(24)14-9-10-23(22-14)13-7-5-12(18)6-8-13/h5-11H,3-4H2,1-2H3,(H,19,21,24). The van der Waals surface area contributed by atoms with E-state index in [-0.39, 0.29) is 17.4 Å². The van der Waals surface area contributed by atoms with Gasteiger partial charge in [-0.1, -0.05) is 25.2 Å². The van der Waals surface area contributed by atoms with Crippen molar-refractivity contribution in [2.75, 3.05) is 5.32 Å². The largest absolute Gasteiger partial charge is 0.295 e. The van der Waals surface area contributed by atoms with Gasteiger partial charge in [0.05, 0.1) is 5.69 Å². The summed E-state index contributed by atoms with van der Waals surface area (Å²) in [6.07, 6.45) is 3.63. The Hall–Kier alpha value is -2.61. The molecule has 0 aliphatic heterocycles. The average Bonchev–Trinajstić information content (AvgIpc) is 3.27. The number of rotatable bonds is 6. The molecule has 0 bridgehead atoms. The highest BCUT2D eigenvalue weighted by atomic mass is 32.1. The number of nitrogens with zero attached hydrogens (tertiary/aromatic N) is 4. The van der Waals surface area contributed by atoms with E-state index in [2.05, 4.69) is 34.5 Å². The molecule has 0 saturated heterocycles. The molecule has 0 fully saturated rings. The molecule has 25 heavy (non-hydrogen) atoms. The van der Waals surface area contributed by atoms with Crippen molar-refractivity contribution in [1.82, 2.24) is 20.0 Å². The molecule has 1 N–H and O–H groups in total. The lowest BCUT2D eigenvalue weighted by atomic mass is 10.1. The molecule has 3 rings (SSSR count). The van der Waals surface area contributed by atoms with Gasteiger partial charge in [-0.05, 0) is 43.2 Å². The number of benzene rings is 1. The number of carbonyl (C=O) groups excluding carboxylic acids is 1. The SMILES string of the molecule is CCC(CC)c1nnc(NC(=O)c2ccn(-c3ccc(F)cc3)n2)s1. The maximum atomic E-state index is 13.0. The summed E-state index contributed by atoms with van der Waals surface area (Å²) in [6.45, 7) is 4.21. The van der Waals surface area contributed by atoms with Gasteiger partial charge in [0.2, 0.25) is 5.13 Å². The molecule has 0 aliphatic rings. The highest BCUT2D eigenvalue weighted by molar-refractivity contribution is 7.15. The molecule has 8 heteroatoms. The number of carbonyl (C=O) groups is 1. The normalized spacial score (nSPS) is 11.0. The highest BCUT2D eigenvalue weighted by Crippen LogP contribution is 2.28. The van der Waals surface area contributed by atoms with Crippen molar-refractivity contribution in [1.29, 1.82) is 0 Å². The summed E-state index contributed by atoms with van der Waals surface area (Å²) >= 11 is 1.39. The van der Waals surface area contributed by atoms with E-state index in [1.807, 2.05) is 0 Å². The van der Waals surface area contributed by atoms with E-state index in [1.165, 1.54) is 28.2 Å². The first-order valence-electron chi connectivity index (χ1n) is 8.07. The second-order valence-electron chi connectivity index (χ2n) is 5.53. The van der Waals surface area contributed by atoms with Crippen molar-refractivity contribution < 1.29 is 9.18 Å². The molecule has 2 heterocycles. The van der Waals surface area contributed by atoms with Crippen molar-refractivity contribution in [2.24, 2.45) is 0 Å². The third kappa shape index (κ3) is 3.90.